The van der Waals surface area contributed by atoms with Crippen LogP contribution < -0.4 is 5.32 Å². The van der Waals surface area contributed by atoms with E-state index in [1.165, 1.54) is 0 Å². The van der Waals surface area contributed by atoms with Crippen molar-refractivity contribution >= 4 is 23.2 Å². The van der Waals surface area contributed by atoms with Crippen molar-refractivity contribution in [2.24, 2.45) is 0 Å². The van der Waals surface area contributed by atoms with Crippen molar-refractivity contribution in [1.29, 1.82) is 0 Å². The van der Waals surface area contributed by atoms with Crippen LogP contribution in [0.15, 0.2) is 18.2 Å². The molecule has 0 bridgehead atoms. The quantitative estimate of drug-likeness (QED) is 0.792. The Morgan fingerprint density at radius 2 is 1.81 bits per heavy atom. The molecule has 90 valence electrons. The molecule has 4 heteroatoms. The standard InChI is InChI=1S/C12H18Cl2N2/c1-3-16(2)5-4-15-9-10-6-11(13)8-12(14)7-10/h6-8,15H,3-5,9H2,1-2H3. The molecule has 16 heavy (non-hydrogen) atoms. The Balaban J connectivity index is 2.32. The molecule has 1 N–H and O–H groups in total. The number of rotatable bonds is 6. The summed E-state index contributed by atoms with van der Waals surface area (Å²) in [5.74, 6) is 0. The molecule has 0 amide bonds. The van der Waals surface area contributed by atoms with Gasteiger partial charge in [0.2, 0.25) is 0 Å². The van der Waals surface area contributed by atoms with Gasteiger partial charge in [0, 0.05) is 29.7 Å². The van der Waals surface area contributed by atoms with E-state index in [1.807, 2.05) is 12.1 Å². The average molecular weight is 261 g/mol. The second-order valence-electron chi connectivity index (χ2n) is 3.85. The maximum absolute atomic E-state index is 5.92. The van der Waals surface area contributed by atoms with Gasteiger partial charge in [-0.1, -0.05) is 30.1 Å². The fourth-order valence-corrected chi connectivity index (χ4v) is 1.95. The Hall–Kier alpha value is -0.280. The van der Waals surface area contributed by atoms with Crippen LogP contribution in [0.3, 0.4) is 0 Å². The summed E-state index contributed by atoms with van der Waals surface area (Å²) in [7, 11) is 2.11. The Morgan fingerprint density at radius 1 is 1.19 bits per heavy atom. The third-order valence-corrected chi connectivity index (χ3v) is 2.90. The van der Waals surface area contributed by atoms with Crippen LogP contribution in [0.1, 0.15) is 12.5 Å². The number of nitrogens with one attached hydrogen (secondary N) is 1. The van der Waals surface area contributed by atoms with E-state index in [0.29, 0.717) is 10.0 Å². The molecule has 0 radical (unpaired) electrons. The summed E-state index contributed by atoms with van der Waals surface area (Å²) in [6, 6.07) is 5.62. The molecule has 0 saturated carbocycles. The maximum atomic E-state index is 5.92. The highest BCUT2D eigenvalue weighted by Gasteiger charge is 1.98. The lowest BCUT2D eigenvalue weighted by molar-refractivity contribution is 0.349. The molecule has 0 aliphatic rings. The van der Waals surface area contributed by atoms with Gasteiger partial charge in [0.15, 0.2) is 0 Å². The number of hydrogen-bond acceptors (Lipinski definition) is 2. The van der Waals surface area contributed by atoms with E-state index in [0.717, 1.165) is 31.7 Å². The van der Waals surface area contributed by atoms with Crippen LogP contribution in [0.2, 0.25) is 10.0 Å². The van der Waals surface area contributed by atoms with Crippen molar-refractivity contribution in [3.63, 3.8) is 0 Å². The second kappa shape index (κ2) is 7.13. The third kappa shape index (κ3) is 5.17. The van der Waals surface area contributed by atoms with Gasteiger partial charge in [0.1, 0.15) is 0 Å². The van der Waals surface area contributed by atoms with Crippen LogP contribution in [-0.4, -0.2) is 31.6 Å². The minimum Gasteiger partial charge on any atom is -0.311 e. The van der Waals surface area contributed by atoms with Gasteiger partial charge >= 0.3 is 0 Å². The number of benzene rings is 1. The van der Waals surface area contributed by atoms with Crippen molar-refractivity contribution in [3.8, 4) is 0 Å². The normalized spacial score (nSPS) is 11.1. The molecule has 0 spiro atoms. The van der Waals surface area contributed by atoms with Crippen LogP contribution >= 0.6 is 23.2 Å². The fourth-order valence-electron chi connectivity index (χ4n) is 1.37. The zero-order chi connectivity index (χ0) is 12.0. The Morgan fingerprint density at radius 3 is 2.38 bits per heavy atom. The van der Waals surface area contributed by atoms with Gasteiger partial charge in [0.05, 0.1) is 0 Å². The smallest absolute Gasteiger partial charge is 0.0424 e. The van der Waals surface area contributed by atoms with Gasteiger partial charge in [0.25, 0.3) is 0 Å². The first-order valence-corrected chi connectivity index (χ1v) is 6.21. The van der Waals surface area contributed by atoms with Crippen LogP contribution in [0.4, 0.5) is 0 Å². The van der Waals surface area contributed by atoms with Crippen LogP contribution in [0.25, 0.3) is 0 Å². The fraction of sp³-hybridized carbons (Fsp3) is 0.500. The SMILES string of the molecule is CCN(C)CCNCc1cc(Cl)cc(Cl)c1. The highest BCUT2D eigenvalue weighted by atomic mass is 35.5. The van der Waals surface area contributed by atoms with E-state index < -0.39 is 0 Å². The molecule has 1 aromatic carbocycles. The molecule has 0 aliphatic carbocycles. The minimum atomic E-state index is 0.690. The van der Waals surface area contributed by atoms with Crippen LogP contribution in [0.5, 0.6) is 0 Å². The van der Waals surface area contributed by atoms with Crippen molar-refractivity contribution in [2.45, 2.75) is 13.5 Å². The summed E-state index contributed by atoms with van der Waals surface area (Å²) in [6.07, 6.45) is 0. The minimum absolute atomic E-state index is 0.690. The molecule has 0 heterocycles. The highest BCUT2D eigenvalue weighted by molar-refractivity contribution is 6.34. The summed E-state index contributed by atoms with van der Waals surface area (Å²) < 4.78 is 0. The molecule has 0 fully saturated rings. The van der Waals surface area contributed by atoms with E-state index in [4.69, 9.17) is 23.2 Å². The van der Waals surface area contributed by atoms with E-state index in [2.05, 4.69) is 24.2 Å². The monoisotopic (exact) mass is 260 g/mol. The van der Waals surface area contributed by atoms with E-state index >= 15 is 0 Å². The zero-order valence-corrected chi connectivity index (χ0v) is 11.3. The molecule has 0 unspecified atom stereocenters. The van der Waals surface area contributed by atoms with Gasteiger partial charge in [-0.3, -0.25) is 0 Å². The predicted molar refractivity (Wildman–Crippen MR) is 71.3 cm³/mol. The van der Waals surface area contributed by atoms with E-state index in [9.17, 15) is 0 Å². The lowest BCUT2D eigenvalue weighted by Crippen LogP contribution is -2.28. The first-order valence-electron chi connectivity index (χ1n) is 5.46. The molecular weight excluding hydrogens is 243 g/mol. The summed E-state index contributed by atoms with van der Waals surface area (Å²) in [5, 5.41) is 4.74. The van der Waals surface area contributed by atoms with Crippen molar-refractivity contribution < 1.29 is 0 Å². The number of halogens is 2. The molecule has 2 nitrogen and oxygen atoms in total. The molecule has 0 saturated heterocycles. The summed E-state index contributed by atoms with van der Waals surface area (Å²) >= 11 is 11.8. The summed E-state index contributed by atoms with van der Waals surface area (Å²) in [4.78, 5) is 2.26. The van der Waals surface area contributed by atoms with Crippen LogP contribution in [-0.2, 0) is 6.54 Å². The Kier molecular flexibility index (Phi) is 6.14. The second-order valence-corrected chi connectivity index (χ2v) is 4.72. The summed E-state index contributed by atoms with van der Waals surface area (Å²) in [5.41, 5.74) is 1.12. The van der Waals surface area contributed by atoms with Gasteiger partial charge < -0.3 is 10.2 Å². The zero-order valence-electron chi connectivity index (χ0n) is 9.76. The van der Waals surface area contributed by atoms with Gasteiger partial charge in [-0.05, 0) is 37.4 Å². The van der Waals surface area contributed by atoms with Gasteiger partial charge in [-0.15, -0.1) is 0 Å². The van der Waals surface area contributed by atoms with Crippen LogP contribution in [0, 0.1) is 0 Å². The van der Waals surface area contributed by atoms with E-state index in [1.54, 1.807) is 6.07 Å². The van der Waals surface area contributed by atoms with Gasteiger partial charge in [-0.2, -0.15) is 0 Å². The molecular formula is C12H18Cl2N2. The van der Waals surface area contributed by atoms with Gasteiger partial charge in [-0.25, -0.2) is 0 Å². The van der Waals surface area contributed by atoms with Crippen molar-refractivity contribution in [2.75, 3.05) is 26.7 Å². The number of nitrogens with zero attached hydrogens (tertiary/aromatic N) is 1. The largest absolute Gasteiger partial charge is 0.311 e. The third-order valence-electron chi connectivity index (χ3n) is 2.46. The first kappa shape index (κ1) is 13.8. The highest BCUT2D eigenvalue weighted by Crippen LogP contribution is 2.18. The Labute approximate surface area is 108 Å². The lowest BCUT2D eigenvalue weighted by atomic mass is 10.2. The average Bonchev–Trinajstić information content (AvgIpc) is 2.22. The topological polar surface area (TPSA) is 15.3 Å². The predicted octanol–water partition coefficient (Wildman–Crippen LogP) is 3.03. The number of hydrogen-bond donors (Lipinski definition) is 1. The number of likely N-dealkylation sites (N-methyl/N-ethyl adjacent to an activating group) is 1. The lowest BCUT2D eigenvalue weighted by Gasteiger charge is -2.14. The van der Waals surface area contributed by atoms with E-state index in [-0.39, 0.29) is 0 Å². The molecule has 0 aromatic heterocycles. The summed E-state index contributed by atoms with van der Waals surface area (Å²) in [6.45, 7) is 6.04. The van der Waals surface area contributed by atoms with Crippen molar-refractivity contribution in [1.82, 2.24) is 10.2 Å². The molecule has 0 aliphatic heterocycles. The molecule has 1 rings (SSSR count). The Bertz CT molecular complexity index is 309. The maximum Gasteiger partial charge on any atom is 0.0424 e. The van der Waals surface area contributed by atoms with Crippen molar-refractivity contribution in [3.05, 3.63) is 33.8 Å². The molecule has 1 aromatic rings. The molecule has 0 atom stereocenters. The first-order chi connectivity index (χ1) is 7.61.